The van der Waals surface area contributed by atoms with Crippen molar-refractivity contribution in [3.63, 3.8) is 0 Å². The van der Waals surface area contributed by atoms with Gasteiger partial charge in [-0.2, -0.15) is 8.42 Å². The van der Waals surface area contributed by atoms with Gasteiger partial charge < -0.3 is 10.1 Å². The Morgan fingerprint density at radius 3 is 2.62 bits per heavy atom. The number of nitrogens with zero attached hydrogens (tertiary/aromatic N) is 2. The lowest BCUT2D eigenvalue weighted by Gasteiger charge is -2.28. The summed E-state index contributed by atoms with van der Waals surface area (Å²) >= 11 is 5.21. The molecule has 0 aliphatic rings. The van der Waals surface area contributed by atoms with Crippen LogP contribution in [-0.4, -0.2) is 44.5 Å². The van der Waals surface area contributed by atoms with Gasteiger partial charge in [0.15, 0.2) is 5.11 Å². The van der Waals surface area contributed by atoms with Crippen LogP contribution in [0, 0.1) is 0 Å². The second-order valence-corrected chi connectivity index (χ2v) is 6.07. The number of hydrogen-bond donors (Lipinski definition) is 1. The van der Waals surface area contributed by atoms with E-state index in [0.29, 0.717) is 16.4 Å². The van der Waals surface area contributed by atoms with Gasteiger partial charge in [0, 0.05) is 13.1 Å². The Morgan fingerprint density at radius 2 is 2.12 bits per heavy atom. The smallest absolute Gasteiger partial charge is 0.316 e. The predicted octanol–water partition coefficient (Wildman–Crippen LogP) is 2.06. The normalized spacial score (nSPS) is 11.3. The molecule has 0 saturated heterocycles. The minimum absolute atomic E-state index is 0.0472. The number of nitrogens with one attached hydrogen (secondary N) is 1. The molecule has 0 bridgehead atoms. The number of carbonyl (C=O) groups is 1. The van der Waals surface area contributed by atoms with Crippen molar-refractivity contribution in [1.82, 2.24) is 10.2 Å². The van der Waals surface area contributed by atoms with Crippen LogP contribution in [0.1, 0.15) is 25.8 Å². The third-order valence-corrected chi connectivity index (χ3v) is 4.25. The minimum atomic E-state index is -2.61. The Bertz CT molecular complexity index is 739. The maximum absolute atomic E-state index is 12.6. The topological polar surface area (TPSA) is 88.1 Å². The first kappa shape index (κ1) is 20.0. The zero-order valence-electron chi connectivity index (χ0n) is 14.1. The Labute approximate surface area is 148 Å². The highest BCUT2D eigenvalue weighted by molar-refractivity contribution is 7.80. The van der Waals surface area contributed by atoms with E-state index in [1.54, 1.807) is 19.2 Å². The van der Waals surface area contributed by atoms with Crippen molar-refractivity contribution in [2.75, 3.05) is 14.2 Å². The highest BCUT2D eigenvalue weighted by Crippen LogP contribution is 2.28. The largest absolute Gasteiger partial charge is 0.494 e. The zero-order chi connectivity index (χ0) is 18.3. The van der Waals surface area contributed by atoms with Crippen molar-refractivity contribution in [3.8, 4) is 5.75 Å². The summed E-state index contributed by atoms with van der Waals surface area (Å²) in [7, 11) is 0.478. The molecule has 0 aromatic heterocycles. The van der Waals surface area contributed by atoms with Crippen molar-refractivity contribution in [3.05, 3.63) is 23.8 Å². The Hall–Kier alpha value is -2.00. The van der Waals surface area contributed by atoms with E-state index in [4.69, 9.17) is 17.0 Å². The lowest BCUT2D eigenvalue weighted by atomic mass is 10.1. The van der Waals surface area contributed by atoms with Crippen LogP contribution < -0.4 is 10.1 Å². The van der Waals surface area contributed by atoms with Gasteiger partial charge in [-0.15, -0.1) is 4.36 Å². The highest BCUT2D eigenvalue weighted by Gasteiger charge is 2.23. The lowest BCUT2D eigenvalue weighted by Crippen LogP contribution is -2.47. The summed E-state index contributed by atoms with van der Waals surface area (Å²) in [5, 5.41) is 3.17. The standard InChI is InChI=1S/C15H21N3O4S2/c1-5-10(2)18(15(23)16-3)14(19)9-11-6-7-13(22-4)12(8-11)17-24(20)21/h6-8,10H,5,9H2,1-4H3,(H,16,23)/t10-/m1/s1. The molecular weight excluding hydrogens is 350 g/mol. The minimum Gasteiger partial charge on any atom is -0.494 e. The van der Waals surface area contributed by atoms with Crippen molar-refractivity contribution in [2.24, 2.45) is 4.36 Å². The summed E-state index contributed by atoms with van der Waals surface area (Å²) in [6, 6.07) is 4.75. The van der Waals surface area contributed by atoms with Crippen molar-refractivity contribution >= 4 is 39.4 Å². The zero-order valence-corrected chi connectivity index (χ0v) is 15.7. The van der Waals surface area contributed by atoms with Gasteiger partial charge in [-0.3, -0.25) is 9.69 Å². The molecule has 0 radical (unpaired) electrons. The number of carbonyl (C=O) groups excluding carboxylic acids is 1. The van der Waals surface area contributed by atoms with Crippen LogP contribution in [0.3, 0.4) is 0 Å². The SMILES string of the molecule is CC[C@@H](C)N(C(=O)Cc1ccc(OC)c(N=S(=O)=O)c1)C(=S)NC. The first-order valence-corrected chi connectivity index (χ1v) is 8.79. The molecule has 1 amide bonds. The van der Waals surface area contributed by atoms with E-state index < -0.39 is 10.5 Å². The quantitative estimate of drug-likeness (QED) is 0.770. The average Bonchev–Trinajstić information content (AvgIpc) is 2.54. The Morgan fingerprint density at radius 1 is 1.46 bits per heavy atom. The first-order valence-electron chi connectivity index (χ1n) is 7.35. The number of amides is 1. The maximum Gasteiger partial charge on any atom is 0.316 e. The van der Waals surface area contributed by atoms with Gasteiger partial charge in [0.05, 0.1) is 13.5 Å². The molecule has 1 aromatic rings. The number of hydrogen-bond acceptors (Lipinski definition) is 6. The van der Waals surface area contributed by atoms with Crippen LogP contribution in [0.4, 0.5) is 5.69 Å². The molecule has 0 spiro atoms. The summed E-state index contributed by atoms with van der Waals surface area (Å²) < 4.78 is 30.2. The Balaban J connectivity index is 3.12. The molecular formula is C15H21N3O4S2. The third-order valence-electron chi connectivity index (χ3n) is 3.50. The van der Waals surface area contributed by atoms with E-state index in [1.165, 1.54) is 18.1 Å². The monoisotopic (exact) mass is 371 g/mol. The van der Waals surface area contributed by atoms with E-state index in [0.717, 1.165) is 6.42 Å². The van der Waals surface area contributed by atoms with Gasteiger partial charge in [-0.1, -0.05) is 13.0 Å². The van der Waals surface area contributed by atoms with E-state index in [2.05, 4.69) is 9.68 Å². The van der Waals surface area contributed by atoms with E-state index in [9.17, 15) is 13.2 Å². The van der Waals surface area contributed by atoms with Gasteiger partial charge >= 0.3 is 10.5 Å². The molecule has 1 aromatic carbocycles. The number of benzene rings is 1. The van der Waals surface area contributed by atoms with E-state index >= 15 is 0 Å². The van der Waals surface area contributed by atoms with E-state index in [-0.39, 0.29) is 24.1 Å². The van der Waals surface area contributed by atoms with Crippen LogP contribution in [0.2, 0.25) is 0 Å². The fourth-order valence-electron chi connectivity index (χ4n) is 2.12. The van der Waals surface area contributed by atoms with Gasteiger partial charge in [-0.05, 0) is 43.3 Å². The predicted molar refractivity (Wildman–Crippen MR) is 96.0 cm³/mol. The van der Waals surface area contributed by atoms with Crippen LogP contribution >= 0.6 is 12.2 Å². The molecule has 1 rings (SSSR count). The number of ether oxygens (including phenoxy) is 1. The molecule has 132 valence electrons. The van der Waals surface area contributed by atoms with Gasteiger partial charge in [0.25, 0.3) is 0 Å². The van der Waals surface area contributed by atoms with Crippen molar-refractivity contribution in [2.45, 2.75) is 32.7 Å². The summed E-state index contributed by atoms with van der Waals surface area (Å²) in [5.41, 5.74) is 0.777. The first-order chi connectivity index (χ1) is 11.3. The average molecular weight is 371 g/mol. The number of thiocarbonyl (C=S) groups is 1. The summed E-state index contributed by atoms with van der Waals surface area (Å²) in [4.78, 5) is 14.1. The van der Waals surface area contributed by atoms with Gasteiger partial charge in [0.2, 0.25) is 5.91 Å². The summed E-state index contributed by atoms with van der Waals surface area (Å²) in [5.74, 6) is 0.142. The molecule has 1 N–H and O–H groups in total. The van der Waals surface area contributed by atoms with Gasteiger partial charge in [-0.25, -0.2) is 0 Å². The third kappa shape index (κ3) is 5.27. The fourth-order valence-corrected chi connectivity index (χ4v) is 2.70. The van der Waals surface area contributed by atoms with Crippen LogP contribution in [-0.2, 0) is 21.7 Å². The van der Waals surface area contributed by atoms with Crippen molar-refractivity contribution < 1.29 is 17.9 Å². The van der Waals surface area contributed by atoms with Crippen LogP contribution in [0.5, 0.6) is 5.75 Å². The molecule has 0 aliphatic heterocycles. The van der Waals surface area contributed by atoms with E-state index in [1.807, 2.05) is 13.8 Å². The fraction of sp³-hybridized carbons (Fsp3) is 0.467. The van der Waals surface area contributed by atoms with Crippen LogP contribution in [0.15, 0.2) is 22.6 Å². The summed E-state index contributed by atoms with van der Waals surface area (Å²) in [6.45, 7) is 3.88. The van der Waals surface area contributed by atoms with Crippen molar-refractivity contribution in [1.29, 1.82) is 0 Å². The van der Waals surface area contributed by atoms with Crippen LogP contribution in [0.25, 0.3) is 0 Å². The molecule has 0 heterocycles. The highest BCUT2D eigenvalue weighted by atomic mass is 32.2. The molecule has 7 nitrogen and oxygen atoms in total. The number of methoxy groups -OCH3 is 1. The molecule has 1 atom stereocenters. The lowest BCUT2D eigenvalue weighted by molar-refractivity contribution is -0.128. The second kappa shape index (κ2) is 9.33. The maximum atomic E-state index is 12.6. The molecule has 0 fully saturated rings. The number of rotatable bonds is 6. The Kier molecular flexibility index (Phi) is 7.80. The molecule has 9 heteroatoms. The molecule has 0 saturated carbocycles. The summed E-state index contributed by atoms with van der Waals surface area (Å²) in [6.07, 6.45) is 0.829. The molecule has 24 heavy (non-hydrogen) atoms. The second-order valence-electron chi connectivity index (χ2n) is 5.07. The van der Waals surface area contributed by atoms with Gasteiger partial charge in [0.1, 0.15) is 11.4 Å². The molecule has 0 unspecified atom stereocenters. The molecule has 0 aliphatic carbocycles.